The van der Waals surface area contributed by atoms with Crippen molar-refractivity contribution in [2.45, 2.75) is 50.0 Å². The molecule has 1 atom stereocenters. The van der Waals surface area contributed by atoms with E-state index in [1.807, 2.05) is 28.8 Å². The van der Waals surface area contributed by atoms with Crippen molar-refractivity contribution in [2.24, 2.45) is 5.92 Å². The van der Waals surface area contributed by atoms with Crippen LogP contribution < -0.4 is 10.9 Å². The van der Waals surface area contributed by atoms with Gasteiger partial charge in [0.2, 0.25) is 5.91 Å². The topological polar surface area (TPSA) is 64.0 Å². The molecular weight excluding hydrogens is 446 g/mol. The highest BCUT2D eigenvalue weighted by molar-refractivity contribution is 5.78. The number of para-hydroxylation sites is 1. The van der Waals surface area contributed by atoms with Gasteiger partial charge in [-0.25, -0.2) is 4.98 Å². The second-order valence-electron chi connectivity index (χ2n) is 10.5. The smallest absolute Gasteiger partial charge is 0.261 e. The number of rotatable bonds is 6. The second-order valence-corrected chi connectivity index (χ2v) is 10.5. The van der Waals surface area contributed by atoms with Crippen molar-refractivity contribution in [2.75, 3.05) is 6.54 Å². The lowest BCUT2D eigenvalue weighted by Crippen LogP contribution is -2.39. The van der Waals surface area contributed by atoms with Crippen LogP contribution in [0.25, 0.3) is 10.9 Å². The summed E-state index contributed by atoms with van der Waals surface area (Å²) in [5.41, 5.74) is 6.47. The van der Waals surface area contributed by atoms with Crippen molar-refractivity contribution < 1.29 is 4.79 Å². The third-order valence-electron chi connectivity index (χ3n) is 8.35. The van der Waals surface area contributed by atoms with Gasteiger partial charge in [0.15, 0.2) is 0 Å². The fraction of sp³-hybridized carbons (Fsp3) is 0.323. The Morgan fingerprint density at radius 2 is 1.53 bits per heavy atom. The van der Waals surface area contributed by atoms with E-state index in [9.17, 15) is 9.59 Å². The van der Waals surface area contributed by atoms with Crippen LogP contribution in [0.2, 0.25) is 0 Å². The highest BCUT2D eigenvalue weighted by Gasteiger charge is 2.42. The van der Waals surface area contributed by atoms with Gasteiger partial charge in [-0.15, -0.1) is 0 Å². The molecule has 4 aliphatic rings. The highest BCUT2D eigenvalue weighted by atomic mass is 16.1. The van der Waals surface area contributed by atoms with Gasteiger partial charge in [-0.05, 0) is 59.6 Å². The molecule has 1 saturated carbocycles. The summed E-state index contributed by atoms with van der Waals surface area (Å²) in [5.74, 6) is 1.87. The molecule has 36 heavy (non-hydrogen) atoms. The third kappa shape index (κ3) is 3.48. The Bertz CT molecular complexity index is 1500. The lowest BCUT2D eigenvalue weighted by Gasteiger charge is -2.45. The fourth-order valence-electron chi connectivity index (χ4n) is 6.60. The minimum atomic E-state index is 0.0223. The van der Waals surface area contributed by atoms with Crippen LogP contribution in [0.3, 0.4) is 0 Å². The molecule has 0 saturated heterocycles. The number of carbonyl (C=O) groups excluding carboxylic acids is 1. The fourth-order valence-corrected chi connectivity index (χ4v) is 6.60. The van der Waals surface area contributed by atoms with Gasteiger partial charge in [0.05, 0.1) is 10.9 Å². The van der Waals surface area contributed by atoms with Gasteiger partial charge in [-0.3, -0.25) is 14.2 Å². The first-order chi connectivity index (χ1) is 17.7. The lowest BCUT2D eigenvalue weighted by molar-refractivity contribution is -0.121. The molecule has 1 unspecified atom stereocenters. The normalized spacial score (nSPS) is 21.7. The summed E-state index contributed by atoms with van der Waals surface area (Å²) in [5, 5.41) is 3.89. The monoisotopic (exact) mass is 475 g/mol. The Morgan fingerprint density at radius 1 is 0.889 bits per heavy atom. The van der Waals surface area contributed by atoms with E-state index in [-0.39, 0.29) is 17.5 Å². The van der Waals surface area contributed by atoms with Crippen LogP contribution in [0.1, 0.15) is 71.6 Å². The molecule has 8 rings (SSSR count). The van der Waals surface area contributed by atoms with Gasteiger partial charge < -0.3 is 5.32 Å². The molecular formula is C31H29N3O2. The molecule has 3 aromatic carbocycles. The van der Waals surface area contributed by atoms with Crippen molar-refractivity contribution in [3.8, 4) is 0 Å². The number of benzene rings is 3. The van der Waals surface area contributed by atoms with E-state index in [1.165, 1.54) is 22.3 Å². The zero-order chi connectivity index (χ0) is 24.2. The van der Waals surface area contributed by atoms with Gasteiger partial charge in [0.1, 0.15) is 5.82 Å². The summed E-state index contributed by atoms with van der Waals surface area (Å²) in [6.45, 7) is 0.670. The Kier molecular flexibility index (Phi) is 5.05. The first-order valence-electron chi connectivity index (χ1n) is 13.1. The molecule has 1 amide bonds. The largest absolute Gasteiger partial charge is 0.356 e. The van der Waals surface area contributed by atoms with Crippen molar-refractivity contribution in [1.29, 1.82) is 0 Å². The number of nitrogens with one attached hydrogen (secondary N) is 1. The first kappa shape index (κ1) is 21.5. The molecule has 2 bridgehead atoms. The van der Waals surface area contributed by atoms with Crippen molar-refractivity contribution in [1.82, 2.24) is 14.9 Å². The van der Waals surface area contributed by atoms with Crippen LogP contribution in [0.5, 0.6) is 0 Å². The molecule has 0 radical (unpaired) electrons. The molecule has 1 aromatic heterocycles. The molecule has 5 nitrogen and oxygen atoms in total. The lowest BCUT2D eigenvalue weighted by atomic mass is 9.59. The number of nitrogens with zero attached hydrogens (tertiary/aromatic N) is 2. The number of carbonyl (C=O) groups is 1. The third-order valence-corrected chi connectivity index (χ3v) is 8.35. The highest BCUT2D eigenvalue weighted by Crippen LogP contribution is 2.55. The summed E-state index contributed by atoms with van der Waals surface area (Å²) < 4.78 is 1.84. The van der Waals surface area contributed by atoms with Crippen LogP contribution in [0, 0.1) is 5.92 Å². The van der Waals surface area contributed by atoms with Crippen LogP contribution in [-0.2, 0) is 11.2 Å². The van der Waals surface area contributed by atoms with Gasteiger partial charge >= 0.3 is 0 Å². The summed E-state index contributed by atoms with van der Waals surface area (Å²) in [6.07, 6.45) is 3.89. The molecule has 1 N–H and O–H groups in total. The zero-order valence-corrected chi connectivity index (χ0v) is 20.2. The number of aryl methyl sites for hydroxylation is 1. The maximum atomic E-state index is 13.1. The van der Waals surface area contributed by atoms with E-state index >= 15 is 0 Å². The number of amides is 1. The van der Waals surface area contributed by atoms with E-state index in [4.69, 9.17) is 4.98 Å². The minimum absolute atomic E-state index is 0.0223. The first-order valence-corrected chi connectivity index (χ1v) is 13.1. The van der Waals surface area contributed by atoms with Crippen molar-refractivity contribution >= 4 is 16.8 Å². The molecule has 180 valence electrons. The minimum Gasteiger partial charge on any atom is -0.356 e. The second kappa shape index (κ2) is 8.44. The molecule has 4 aliphatic carbocycles. The molecule has 1 fully saturated rings. The Balaban J connectivity index is 1.08. The SMILES string of the molecule is O=C(CCc1nc2ccccc2c(=O)n1C1CC1)NCC1CC2c3ccccc3C1c1ccccc12. The van der Waals surface area contributed by atoms with Gasteiger partial charge in [0, 0.05) is 37.3 Å². The average molecular weight is 476 g/mol. The Morgan fingerprint density at radius 3 is 2.22 bits per heavy atom. The zero-order valence-electron chi connectivity index (χ0n) is 20.2. The van der Waals surface area contributed by atoms with Crippen LogP contribution >= 0.6 is 0 Å². The standard InChI is InChI=1S/C31H29N3O2/c35-29(16-15-28-33-27-12-6-5-11-25(27)31(36)34(28)20-13-14-20)32-18-19-17-26-21-7-1-3-9-23(21)30(19)24-10-4-2-8-22(24)26/h1-12,19-20,26,30H,13-18H2,(H,32,35). The maximum absolute atomic E-state index is 13.1. The molecule has 0 aliphatic heterocycles. The average Bonchev–Trinajstić information content (AvgIpc) is 3.76. The van der Waals surface area contributed by atoms with E-state index in [1.54, 1.807) is 0 Å². The number of hydrogen-bond donors (Lipinski definition) is 1. The van der Waals surface area contributed by atoms with Crippen molar-refractivity contribution in [3.63, 3.8) is 0 Å². The molecule has 0 spiro atoms. The van der Waals surface area contributed by atoms with E-state index in [0.29, 0.717) is 48.0 Å². The van der Waals surface area contributed by atoms with E-state index < -0.39 is 0 Å². The summed E-state index contributed by atoms with van der Waals surface area (Å²) in [7, 11) is 0. The number of aromatic nitrogens is 2. The predicted molar refractivity (Wildman–Crippen MR) is 140 cm³/mol. The van der Waals surface area contributed by atoms with Gasteiger partial charge in [-0.1, -0.05) is 60.7 Å². The van der Waals surface area contributed by atoms with E-state index in [0.717, 1.165) is 25.1 Å². The van der Waals surface area contributed by atoms with Crippen molar-refractivity contribution in [3.05, 3.63) is 111 Å². The van der Waals surface area contributed by atoms with Crippen LogP contribution in [0.4, 0.5) is 0 Å². The summed E-state index contributed by atoms with van der Waals surface area (Å²) in [6, 6.07) is 25.3. The molecule has 4 aromatic rings. The maximum Gasteiger partial charge on any atom is 0.261 e. The van der Waals surface area contributed by atoms with E-state index in [2.05, 4.69) is 53.8 Å². The summed E-state index contributed by atoms with van der Waals surface area (Å²) >= 11 is 0. The Hall–Kier alpha value is -3.73. The predicted octanol–water partition coefficient (Wildman–Crippen LogP) is 5.08. The summed E-state index contributed by atoms with van der Waals surface area (Å²) in [4.78, 5) is 30.9. The van der Waals surface area contributed by atoms with Gasteiger partial charge in [-0.2, -0.15) is 0 Å². The number of fused-ring (bicyclic) bond motifs is 2. The molecule has 1 heterocycles. The molecule has 5 heteroatoms. The quantitative estimate of drug-likeness (QED) is 0.423. The van der Waals surface area contributed by atoms with Crippen LogP contribution in [-0.4, -0.2) is 22.0 Å². The Labute approximate surface area is 210 Å². The van der Waals surface area contributed by atoms with Gasteiger partial charge in [0.25, 0.3) is 5.56 Å². The van der Waals surface area contributed by atoms with Crippen LogP contribution in [0.15, 0.2) is 77.6 Å². The number of hydrogen-bond acceptors (Lipinski definition) is 3.